The van der Waals surface area contributed by atoms with Crippen LogP contribution < -0.4 is 11.1 Å². The first-order valence-electron chi connectivity index (χ1n) is 3.78. The number of hydrogen-bond donors (Lipinski definition) is 2. The second kappa shape index (κ2) is 3.22. The van der Waals surface area contributed by atoms with Crippen LogP contribution in [0, 0.1) is 5.82 Å². The Labute approximate surface area is 82.6 Å². The lowest BCUT2D eigenvalue weighted by molar-refractivity contribution is 0.259. The number of nitrogens with two attached hydrogens (primary N) is 1. The summed E-state index contributed by atoms with van der Waals surface area (Å²) in [6, 6.07) is 3.57. The Morgan fingerprint density at radius 1 is 1.57 bits per heavy atom. The fraction of sp³-hybridized carbons (Fsp3) is 0. The van der Waals surface area contributed by atoms with Crippen LogP contribution in [-0.4, -0.2) is 11.0 Å². The van der Waals surface area contributed by atoms with Gasteiger partial charge in [-0.3, -0.25) is 5.32 Å². The number of primary amides is 1. The fourth-order valence-corrected chi connectivity index (χ4v) is 1.91. The van der Waals surface area contributed by atoms with Crippen molar-refractivity contribution >= 4 is 32.7 Å². The third-order valence-corrected chi connectivity index (χ3v) is 2.53. The molecule has 4 nitrogen and oxygen atoms in total. The van der Waals surface area contributed by atoms with E-state index in [1.165, 1.54) is 23.5 Å². The van der Waals surface area contributed by atoms with Crippen LogP contribution in [0.15, 0.2) is 18.2 Å². The summed E-state index contributed by atoms with van der Waals surface area (Å²) in [5.41, 5.74) is 5.43. The molecule has 6 heteroatoms. The quantitative estimate of drug-likeness (QED) is 0.756. The van der Waals surface area contributed by atoms with Crippen molar-refractivity contribution < 1.29 is 9.18 Å². The molecule has 0 aliphatic heterocycles. The number of fused-ring (bicyclic) bond motifs is 1. The van der Waals surface area contributed by atoms with E-state index in [4.69, 9.17) is 5.73 Å². The normalized spacial score (nSPS) is 10.4. The van der Waals surface area contributed by atoms with Crippen LogP contribution >= 0.6 is 11.3 Å². The highest BCUT2D eigenvalue weighted by atomic mass is 32.1. The predicted molar refractivity (Wildman–Crippen MR) is 52.8 cm³/mol. The maximum absolute atomic E-state index is 12.8. The average molecular weight is 211 g/mol. The number of carbonyl (C=O) groups is 1. The molecule has 1 aromatic carbocycles. The lowest BCUT2D eigenvalue weighted by Crippen LogP contribution is -2.18. The molecule has 0 bridgehead atoms. The lowest BCUT2D eigenvalue weighted by Gasteiger charge is -1.91. The van der Waals surface area contributed by atoms with E-state index < -0.39 is 6.03 Å². The molecule has 14 heavy (non-hydrogen) atoms. The van der Waals surface area contributed by atoms with Crippen LogP contribution in [0.5, 0.6) is 0 Å². The molecule has 72 valence electrons. The first-order valence-corrected chi connectivity index (χ1v) is 4.59. The van der Waals surface area contributed by atoms with Crippen LogP contribution in [0.4, 0.5) is 14.3 Å². The zero-order valence-corrected chi connectivity index (χ0v) is 7.77. The number of halogens is 1. The van der Waals surface area contributed by atoms with Gasteiger partial charge in [-0.2, -0.15) is 0 Å². The number of benzene rings is 1. The maximum Gasteiger partial charge on any atom is 0.318 e. The zero-order valence-electron chi connectivity index (χ0n) is 6.95. The molecular formula is C8H6FN3OS. The molecule has 2 amide bonds. The molecule has 0 aliphatic carbocycles. The average Bonchev–Trinajstić information content (AvgIpc) is 2.44. The van der Waals surface area contributed by atoms with Crippen molar-refractivity contribution in [3.63, 3.8) is 0 Å². The van der Waals surface area contributed by atoms with E-state index in [0.29, 0.717) is 10.6 Å². The highest BCUT2D eigenvalue weighted by molar-refractivity contribution is 7.22. The molecule has 0 fully saturated rings. The molecule has 2 rings (SSSR count). The summed E-state index contributed by atoms with van der Waals surface area (Å²) >= 11 is 1.24. The molecular weight excluding hydrogens is 205 g/mol. The molecule has 1 aromatic heterocycles. The number of urea groups is 1. The Kier molecular flexibility index (Phi) is 2.05. The number of anilines is 1. The number of nitrogens with one attached hydrogen (secondary N) is 1. The highest BCUT2D eigenvalue weighted by Gasteiger charge is 2.05. The van der Waals surface area contributed by atoms with Crippen LogP contribution in [0.2, 0.25) is 0 Å². The van der Waals surface area contributed by atoms with Gasteiger partial charge in [0.15, 0.2) is 5.13 Å². The Morgan fingerprint density at radius 3 is 3.07 bits per heavy atom. The standard InChI is InChI=1S/C8H6FN3OS/c9-4-1-2-6-5(3-4)11-8(14-6)12-7(10)13/h1-3H,(H3,10,11,12,13). The van der Waals surface area contributed by atoms with E-state index in [-0.39, 0.29) is 5.82 Å². The molecule has 0 aliphatic rings. The minimum atomic E-state index is -0.676. The molecule has 0 spiro atoms. The van der Waals surface area contributed by atoms with Gasteiger partial charge in [0.05, 0.1) is 10.2 Å². The monoisotopic (exact) mass is 211 g/mol. The van der Waals surface area contributed by atoms with Crippen molar-refractivity contribution in [1.82, 2.24) is 4.98 Å². The molecule has 0 saturated carbocycles. The van der Waals surface area contributed by atoms with Gasteiger partial charge >= 0.3 is 6.03 Å². The number of hydrogen-bond acceptors (Lipinski definition) is 3. The molecule has 0 atom stereocenters. The Morgan fingerprint density at radius 2 is 2.36 bits per heavy atom. The summed E-state index contributed by atoms with van der Waals surface area (Å²) < 4.78 is 13.6. The number of amides is 2. The van der Waals surface area contributed by atoms with Crippen molar-refractivity contribution in [3.8, 4) is 0 Å². The van der Waals surface area contributed by atoms with Crippen LogP contribution in [-0.2, 0) is 0 Å². The smallest absolute Gasteiger partial charge is 0.318 e. The van der Waals surface area contributed by atoms with Crippen LogP contribution in [0.25, 0.3) is 10.2 Å². The van der Waals surface area contributed by atoms with E-state index in [0.717, 1.165) is 4.70 Å². The zero-order chi connectivity index (χ0) is 10.1. The first kappa shape index (κ1) is 8.89. The van der Waals surface area contributed by atoms with Gasteiger partial charge in [0.2, 0.25) is 0 Å². The van der Waals surface area contributed by atoms with E-state index in [9.17, 15) is 9.18 Å². The van der Waals surface area contributed by atoms with Crippen molar-refractivity contribution in [2.75, 3.05) is 5.32 Å². The van der Waals surface area contributed by atoms with Crippen LogP contribution in [0.3, 0.4) is 0 Å². The largest absolute Gasteiger partial charge is 0.351 e. The van der Waals surface area contributed by atoms with Gasteiger partial charge in [-0.1, -0.05) is 11.3 Å². The van der Waals surface area contributed by atoms with Gasteiger partial charge in [-0.15, -0.1) is 0 Å². The van der Waals surface area contributed by atoms with Gasteiger partial charge in [-0.05, 0) is 12.1 Å². The summed E-state index contributed by atoms with van der Waals surface area (Å²) in [6.07, 6.45) is 0. The Hall–Kier alpha value is -1.69. The Bertz CT molecular complexity index is 496. The van der Waals surface area contributed by atoms with Crippen molar-refractivity contribution in [2.45, 2.75) is 0 Å². The van der Waals surface area contributed by atoms with E-state index in [1.807, 2.05) is 0 Å². The molecule has 0 unspecified atom stereocenters. The van der Waals surface area contributed by atoms with Gasteiger partial charge in [-0.25, -0.2) is 14.2 Å². The summed E-state index contributed by atoms with van der Waals surface area (Å²) in [5.74, 6) is -0.353. The highest BCUT2D eigenvalue weighted by Crippen LogP contribution is 2.25. The van der Waals surface area contributed by atoms with E-state index >= 15 is 0 Å². The van der Waals surface area contributed by atoms with E-state index in [1.54, 1.807) is 6.07 Å². The summed E-state index contributed by atoms with van der Waals surface area (Å²) in [5, 5.41) is 2.71. The second-order valence-electron chi connectivity index (χ2n) is 2.62. The maximum atomic E-state index is 12.8. The summed E-state index contributed by atoms with van der Waals surface area (Å²) in [6.45, 7) is 0. The second-order valence-corrected chi connectivity index (χ2v) is 3.65. The lowest BCUT2D eigenvalue weighted by atomic mass is 10.3. The SMILES string of the molecule is NC(=O)Nc1nc2cc(F)ccc2s1. The molecule has 0 radical (unpaired) electrons. The summed E-state index contributed by atoms with van der Waals surface area (Å²) in [7, 11) is 0. The first-order chi connectivity index (χ1) is 6.65. The third kappa shape index (κ3) is 1.64. The van der Waals surface area contributed by atoms with Gasteiger partial charge in [0.1, 0.15) is 5.82 Å². The van der Waals surface area contributed by atoms with Crippen LogP contribution in [0.1, 0.15) is 0 Å². The van der Waals surface area contributed by atoms with Gasteiger partial charge < -0.3 is 5.73 Å². The minimum Gasteiger partial charge on any atom is -0.351 e. The molecule has 2 aromatic rings. The topological polar surface area (TPSA) is 68.0 Å². The number of nitrogens with zero attached hydrogens (tertiary/aromatic N) is 1. The van der Waals surface area contributed by atoms with Gasteiger partial charge in [0, 0.05) is 6.07 Å². The predicted octanol–water partition coefficient (Wildman–Crippen LogP) is 1.93. The number of aromatic nitrogens is 1. The number of rotatable bonds is 1. The molecule has 3 N–H and O–H groups in total. The van der Waals surface area contributed by atoms with Crippen molar-refractivity contribution in [2.24, 2.45) is 5.73 Å². The number of carbonyl (C=O) groups excluding carboxylic acids is 1. The molecule has 0 saturated heterocycles. The van der Waals surface area contributed by atoms with Crippen molar-refractivity contribution in [1.29, 1.82) is 0 Å². The number of thiazole rings is 1. The van der Waals surface area contributed by atoms with Gasteiger partial charge in [0.25, 0.3) is 0 Å². The third-order valence-electron chi connectivity index (χ3n) is 1.58. The fourth-order valence-electron chi connectivity index (χ4n) is 1.06. The van der Waals surface area contributed by atoms with E-state index in [2.05, 4.69) is 10.3 Å². The Balaban J connectivity index is 2.46. The van der Waals surface area contributed by atoms with Crippen molar-refractivity contribution in [3.05, 3.63) is 24.0 Å². The summed E-state index contributed by atoms with van der Waals surface area (Å²) in [4.78, 5) is 14.5. The minimum absolute atomic E-state index is 0.353. The molecule has 1 heterocycles.